The van der Waals surface area contributed by atoms with E-state index < -0.39 is 0 Å². The van der Waals surface area contributed by atoms with E-state index in [1.165, 1.54) is 0 Å². The van der Waals surface area contributed by atoms with Crippen molar-refractivity contribution in [1.82, 2.24) is 0 Å². The van der Waals surface area contributed by atoms with Gasteiger partial charge in [0.15, 0.2) is 0 Å². The van der Waals surface area contributed by atoms with Crippen LogP contribution in [0.15, 0.2) is 24.3 Å². The van der Waals surface area contributed by atoms with Gasteiger partial charge < -0.3 is 5.73 Å². The van der Waals surface area contributed by atoms with E-state index in [9.17, 15) is 0 Å². The normalized spacial score (nSPS) is 23.8. The molecule has 1 heteroatoms. The molecule has 0 bridgehead atoms. The van der Waals surface area contributed by atoms with Crippen LogP contribution in [0, 0.1) is 0 Å². The molecule has 9 heavy (non-hydrogen) atoms. The van der Waals surface area contributed by atoms with Gasteiger partial charge in [0.25, 0.3) is 0 Å². The van der Waals surface area contributed by atoms with Gasteiger partial charge in [0.2, 0.25) is 0 Å². The molecule has 1 aliphatic carbocycles. The highest BCUT2D eigenvalue weighted by Gasteiger charge is 2.08. The Morgan fingerprint density at radius 3 is 2.11 bits per heavy atom. The Labute approximate surface area is 56.2 Å². The van der Waals surface area contributed by atoms with E-state index in [4.69, 9.17) is 5.73 Å². The van der Waals surface area contributed by atoms with Crippen molar-refractivity contribution >= 4 is 0 Å². The van der Waals surface area contributed by atoms with Crippen LogP contribution < -0.4 is 5.73 Å². The summed E-state index contributed by atoms with van der Waals surface area (Å²) in [5.41, 5.74) is 5.61. The number of nitrogens with two attached hydrogens (primary N) is 1. The molecule has 0 unspecified atom stereocenters. The van der Waals surface area contributed by atoms with Gasteiger partial charge in [-0.15, -0.1) is 0 Å². The predicted octanol–water partition coefficient (Wildman–Crippen LogP) is 1.61. The maximum atomic E-state index is 5.80. The summed E-state index contributed by atoms with van der Waals surface area (Å²) in [6.07, 6.45) is 10.6. The van der Waals surface area contributed by atoms with Gasteiger partial charge in [-0.3, -0.25) is 0 Å². The van der Waals surface area contributed by atoms with E-state index in [1.807, 2.05) is 6.92 Å². The fraction of sp³-hybridized carbons (Fsp3) is 0.500. The molecule has 0 radical (unpaired) electrons. The van der Waals surface area contributed by atoms with Crippen LogP contribution in [-0.4, -0.2) is 5.54 Å². The van der Waals surface area contributed by atoms with Gasteiger partial charge in [-0.25, -0.2) is 0 Å². The van der Waals surface area contributed by atoms with Crippen LogP contribution in [0.5, 0.6) is 0 Å². The molecule has 50 valence electrons. The number of hydrogen-bond acceptors (Lipinski definition) is 1. The molecule has 1 nitrogen and oxygen atoms in total. The van der Waals surface area contributed by atoms with Crippen molar-refractivity contribution < 1.29 is 0 Å². The van der Waals surface area contributed by atoms with Crippen molar-refractivity contribution in [2.24, 2.45) is 5.73 Å². The summed E-state index contributed by atoms with van der Waals surface area (Å²) in [7, 11) is 0. The molecule has 2 N–H and O–H groups in total. The molecule has 0 amide bonds. The van der Waals surface area contributed by atoms with Crippen LogP contribution in [0.25, 0.3) is 0 Å². The molecule has 0 aromatic rings. The monoisotopic (exact) mass is 123 g/mol. The minimum Gasteiger partial charge on any atom is -0.319 e. The van der Waals surface area contributed by atoms with Gasteiger partial charge >= 0.3 is 0 Å². The zero-order valence-corrected chi connectivity index (χ0v) is 5.80. The van der Waals surface area contributed by atoms with Crippen molar-refractivity contribution in [2.45, 2.75) is 25.3 Å². The van der Waals surface area contributed by atoms with Crippen molar-refractivity contribution in [1.29, 1.82) is 0 Å². The third-order valence-corrected chi connectivity index (χ3v) is 1.45. The second kappa shape index (κ2) is 2.36. The van der Waals surface area contributed by atoms with Gasteiger partial charge in [-0.2, -0.15) is 0 Å². The Balaban J connectivity index is 2.70. The van der Waals surface area contributed by atoms with Crippen molar-refractivity contribution in [3.63, 3.8) is 0 Å². The first kappa shape index (κ1) is 6.56. The first-order valence-electron chi connectivity index (χ1n) is 3.35. The van der Waals surface area contributed by atoms with Gasteiger partial charge in [0.05, 0.1) is 0 Å². The fourth-order valence-electron chi connectivity index (χ4n) is 0.923. The smallest absolute Gasteiger partial charge is 0.0496 e. The lowest BCUT2D eigenvalue weighted by atomic mass is 10.0. The molecule has 1 aliphatic rings. The molecular weight excluding hydrogens is 110 g/mol. The number of allylic oxidation sites excluding steroid dienone is 2. The molecule has 0 spiro atoms. The molecule has 0 atom stereocenters. The number of hydrogen-bond donors (Lipinski definition) is 1. The van der Waals surface area contributed by atoms with Gasteiger partial charge in [-0.1, -0.05) is 24.3 Å². The van der Waals surface area contributed by atoms with Crippen LogP contribution in [0.4, 0.5) is 0 Å². The Bertz CT molecular complexity index is 127. The Morgan fingerprint density at radius 2 is 1.67 bits per heavy atom. The summed E-state index contributed by atoms with van der Waals surface area (Å²) in [4.78, 5) is 0. The second-order valence-corrected chi connectivity index (χ2v) is 2.75. The lowest BCUT2D eigenvalue weighted by molar-refractivity contribution is 0.735. The minimum absolute atomic E-state index is 0.198. The standard InChI is InChI=1S/C8H13N/c1-8(9)6-4-2-3-5-7-8/h4-7H,2-3,9H2,1H3. The van der Waals surface area contributed by atoms with E-state index in [-0.39, 0.29) is 5.54 Å². The van der Waals surface area contributed by atoms with Gasteiger partial charge in [0.1, 0.15) is 0 Å². The summed E-state index contributed by atoms with van der Waals surface area (Å²) >= 11 is 0. The van der Waals surface area contributed by atoms with E-state index in [1.54, 1.807) is 0 Å². The maximum Gasteiger partial charge on any atom is 0.0496 e. The van der Waals surface area contributed by atoms with Crippen LogP contribution in [0.3, 0.4) is 0 Å². The van der Waals surface area contributed by atoms with E-state index in [0.29, 0.717) is 0 Å². The molecular formula is C8H13N. The highest BCUT2D eigenvalue weighted by molar-refractivity contribution is 5.17. The highest BCUT2D eigenvalue weighted by Crippen LogP contribution is 2.10. The van der Waals surface area contributed by atoms with Gasteiger partial charge in [-0.05, 0) is 19.8 Å². The van der Waals surface area contributed by atoms with E-state index in [2.05, 4.69) is 24.3 Å². The van der Waals surface area contributed by atoms with Crippen LogP contribution >= 0.6 is 0 Å². The van der Waals surface area contributed by atoms with E-state index >= 15 is 0 Å². The Morgan fingerprint density at radius 1 is 1.22 bits per heavy atom. The first-order valence-corrected chi connectivity index (χ1v) is 3.35. The van der Waals surface area contributed by atoms with E-state index in [0.717, 1.165) is 12.8 Å². The first-order chi connectivity index (χ1) is 4.21. The van der Waals surface area contributed by atoms with Gasteiger partial charge in [0, 0.05) is 5.54 Å². The largest absolute Gasteiger partial charge is 0.319 e. The third-order valence-electron chi connectivity index (χ3n) is 1.45. The third kappa shape index (κ3) is 2.02. The zero-order chi connectivity index (χ0) is 6.74. The Kier molecular flexibility index (Phi) is 1.72. The van der Waals surface area contributed by atoms with Crippen LogP contribution in [-0.2, 0) is 0 Å². The quantitative estimate of drug-likeness (QED) is 0.486. The molecule has 0 saturated carbocycles. The molecule has 0 saturated heterocycles. The predicted molar refractivity (Wildman–Crippen MR) is 40.1 cm³/mol. The lowest BCUT2D eigenvalue weighted by Gasteiger charge is -2.12. The van der Waals surface area contributed by atoms with Crippen LogP contribution in [0.2, 0.25) is 0 Å². The summed E-state index contributed by atoms with van der Waals surface area (Å²) in [6.45, 7) is 2.01. The summed E-state index contributed by atoms with van der Waals surface area (Å²) < 4.78 is 0. The minimum atomic E-state index is -0.198. The fourth-order valence-corrected chi connectivity index (χ4v) is 0.923. The SMILES string of the molecule is CC1(N)C=CCCC=C1. The summed E-state index contributed by atoms with van der Waals surface area (Å²) in [6, 6.07) is 0. The summed E-state index contributed by atoms with van der Waals surface area (Å²) in [5, 5.41) is 0. The molecule has 0 heterocycles. The maximum absolute atomic E-state index is 5.80. The topological polar surface area (TPSA) is 26.0 Å². The lowest BCUT2D eigenvalue weighted by Crippen LogP contribution is -2.30. The summed E-state index contributed by atoms with van der Waals surface area (Å²) in [5.74, 6) is 0. The van der Waals surface area contributed by atoms with Crippen LogP contribution in [0.1, 0.15) is 19.8 Å². The molecule has 0 aromatic heterocycles. The number of rotatable bonds is 0. The molecule has 0 fully saturated rings. The molecule has 1 rings (SSSR count). The average Bonchev–Trinajstić information content (AvgIpc) is 1.92. The van der Waals surface area contributed by atoms with Crippen molar-refractivity contribution in [3.05, 3.63) is 24.3 Å². The molecule has 0 aliphatic heterocycles. The van der Waals surface area contributed by atoms with Crippen molar-refractivity contribution in [2.75, 3.05) is 0 Å². The average molecular weight is 123 g/mol. The highest BCUT2D eigenvalue weighted by atomic mass is 14.7. The van der Waals surface area contributed by atoms with Crippen molar-refractivity contribution in [3.8, 4) is 0 Å². The molecule has 0 aromatic carbocycles. The zero-order valence-electron chi connectivity index (χ0n) is 5.80. The Hall–Kier alpha value is -0.560. The second-order valence-electron chi connectivity index (χ2n) is 2.75.